The number of aromatic nitrogens is 2. The molecule has 0 bridgehead atoms. The van der Waals surface area contributed by atoms with Gasteiger partial charge < -0.3 is 9.57 Å². The minimum Gasteiger partial charge on any atom is -0.442 e. The maximum atomic E-state index is 11.9. The second kappa shape index (κ2) is 14.8. The van der Waals surface area contributed by atoms with Gasteiger partial charge in [-0.05, 0) is 36.1 Å². The molecule has 2 aromatic rings. The lowest BCUT2D eigenvalue weighted by molar-refractivity contribution is -0.172. The third-order valence-corrected chi connectivity index (χ3v) is 5.79. The van der Waals surface area contributed by atoms with Crippen molar-refractivity contribution in [2.45, 2.75) is 86.2 Å². The minimum atomic E-state index is -1.24. The Hall–Kier alpha value is -4.28. The van der Waals surface area contributed by atoms with E-state index in [0.29, 0.717) is 5.06 Å². The second-order valence-electron chi connectivity index (χ2n) is 9.41. The first kappa shape index (κ1) is 33.7. The van der Waals surface area contributed by atoms with E-state index in [2.05, 4.69) is 9.97 Å². The quantitative estimate of drug-likeness (QED) is 0.286. The van der Waals surface area contributed by atoms with Crippen LogP contribution in [0.1, 0.15) is 112 Å². The summed E-state index contributed by atoms with van der Waals surface area (Å²) in [6.45, 7) is 7.90. The molecule has 4 rings (SSSR count). The highest BCUT2D eigenvalue weighted by Crippen LogP contribution is 2.18. The van der Waals surface area contributed by atoms with Crippen molar-refractivity contribution in [1.29, 1.82) is 0 Å². The number of Topliss-reactive ketones (excluding diaryl/α,β-unsaturated/α-hetero) is 2. The Morgan fingerprint density at radius 1 is 0.800 bits per heavy atom. The average molecular weight is 556 g/mol. The minimum absolute atomic E-state index is 0. The summed E-state index contributed by atoms with van der Waals surface area (Å²) in [5, 5.41) is 0.526. The number of ether oxygens (including phenoxy) is 1. The Balaban J connectivity index is 0.000000381. The molecule has 1 saturated carbocycles. The highest BCUT2D eigenvalue weighted by atomic mass is 16.7. The van der Waals surface area contributed by atoms with Crippen molar-refractivity contribution < 1.29 is 38.3 Å². The predicted octanol–water partition coefficient (Wildman–Crippen LogP) is 4.36. The van der Waals surface area contributed by atoms with Crippen molar-refractivity contribution in [1.82, 2.24) is 15.0 Å². The normalized spacial score (nSPS) is 14.9. The Bertz CT molecular complexity index is 1220. The molecule has 216 valence electrons. The van der Waals surface area contributed by atoms with Crippen molar-refractivity contribution in [2.75, 3.05) is 0 Å². The third-order valence-electron chi connectivity index (χ3n) is 5.79. The van der Waals surface area contributed by atoms with Gasteiger partial charge in [0.1, 0.15) is 5.69 Å². The van der Waals surface area contributed by atoms with Crippen LogP contribution in [-0.4, -0.2) is 56.5 Å². The number of esters is 1. The number of pyridine rings is 2. The molecule has 11 heteroatoms. The largest absolute Gasteiger partial charge is 0.442 e. The number of nitrogens with zero attached hydrogens (tertiary/aromatic N) is 3. The molecule has 0 aromatic carbocycles. The van der Waals surface area contributed by atoms with Crippen molar-refractivity contribution in [3.63, 3.8) is 0 Å². The highest BCUT2D eigenvalue weighted by Gasteiger charge is 2.36. The second-order valence-corrected chi connectivity index (χ2v) is 9.41. The molecular weight excluding hydrogens is 518 g/mol. The topological polar surface area (TPSA) is 150 Å². The maximum Gasteiger partial charge on any atom is 0.365 e. The summed E-state index contributed by atoms with van der Waals surface area (Å²) in [6.07, 6.45) is 0.597. The molecular formula is C29H37N3O8. The first-order valence-corrected chi connectivity index (χ1v) is 12.2. The van der Waals surface area contributed by atoms with Gasteiger partial charge in [-0.2, -0.15) is 0 Å². The van der Waals surface area contributed by atoms with Gasteiger partial charge in [-0.1, -0.05) is 48.6 Å². The van der Waals surface area contributed by atoms with E-state index in [0.717, 1.165) is 11.4 Å². The highest BCUT2D eigenvalue weighted by molar-refractivity contribution is 6.12. The summed E-state index contributed by atoms with van der Waals surface area (Å²) in [4.78, 5) is 82.1. The smallest absolute Gasteiger partial charge is 0.365 e. The van der Waals surface area contributed by atoms with Crippen LogP contribution in [0.2, 0.25) is 0 Å². The summed E-state index contributed by atoms with van der Waals surface area (Å²) in [7, 11) is 0. The zero-order valence-corrected chi connectivity index (χ0v) is 21.6. The summed E-state index contributed by atoms with van der Waals surface area (Å²) in [5.74, 6) is -2.70. The van der Waals surface area contributed by atoms with Crippen LogP contribution in [0.3, 0.4) is 0 Å². The molecule has 2 fully saturated rings. The van der Waals surface area contributed by atoms with Crippen molar-refractivity contribution >= 4 is 35.3 Å². The van der Waals surface area contributed by atoms with Gasteiger partial charge in [0.2, 0.25) is 6.10 Å². The van der Waals surface area contributed by atoms with Crippen LogP contribution in [0.4, 0.5) is 0 Å². The Morgan fingerprint density at radius 2 is 1.38 bits per heavy atom. The zero-order chi connectivity index (χ0) is 28.0. The number of carbonyl (C=O) groups excluding carboxylic acids is 6. The van der Waals surface area contributed by atoms with E-state index in [1.807, 2.05) is 33.8 Å². The molecule has 11 nitrogen and oxygen atoms in total. The van der Waals surface area contributed by atoms with Crippen LogP contribution in [0, 0.1) is 0 Å². The molecule has 2 amide bonds. The molecule has 0 atom stereocenters. The maximum absolute atomic E-state index is 11.9. The molecule has 40 heavy (non-hydrogen) atoms. The van der Waals surface area contributed by atoms with E-state index in [1.54, 1.807) is 18.2 Å². The number of hydrogen-bond donors (Lipinski definition) is 0. The lowest BCUT2D eigenvalue weighted by Gasteiger charge is -2.12. The van der Waals surface area contributed by atoms with Crippen molar-refractivity contribution in [3.8, 4) is 0 Å². The molecule has 0 unspecified atom stereocenters. The fourth-order valence-electron chi connectivity index (χ4n) is 3.53. The van der Waals surface area contributed by atoms with E-state index >= 15 is 0 Å². The Labute approximate surface area is 234 Å². The Kier molecular flexibility index (Phi) is 12.5. The van der Waals surface area contributed by atoms with E-state index in [1.165, 1.54) is 12.3 Å². The van der Waals surface area contributed by atoms with E-state index in [9.17, 15) is 28.8 Å². The summed E-state index contributed by atoms with van der Waals surface area (Å²) >= 11 is 0. The van der Waals surface area contributed by atoms with Crippen molar-refractivity contribution in [3.05, 3.63) is 59.2 Å². The van der Waals surface area contributed by atoms with Crippen LogP contribution in [-0.2, 0) is 28.8 Å². The van der Waals surface area contributed by atoms with Crippen LogP contribution in [0.5, 0.6) is 0 Å². The number of imide groups is 1. The number of rotatable bonds is 6. The van der Waals surface area contributed by atoms with E-state index in [-0.39, 0.29) is 75.2 Å². The molecule has 0 radical (unpaired) electrons. The number of ketones is 2. The average Bonchev–Trinajstić information content (AvgIpc) is 3.39. The van der Waals surface area contributed by atoms with E-state index in [4.69, 9.17) is 9.57 Å². The van der Waals surface area contributed by atoms with Gasteiger partial charge in [-0.25, -0.2) is 14.6 Å². The van der Waals surface area contributed by atoms with Crippen LogP contribution in [0.15, 0.2) is 36.5 Å². The first-order chi connectivity index (χ1) is 18.0. The summed E-state index contributed by atoms with van der Waals surface area (Å²) in [5.41, 5.74) is 1.94. The van der Waals surface area contributed by atoms with Crippen molar-refractivity contribution in [2.24, 2.45) is 0 Å². The Morgan fingerprint density at radius 3 is 1.88 bits per heavy atom. The molecule has 2 aliphatic rings. The van der Waals surface area contributed by atoms with Crippen LogP contribution in [0.25, 0.3) is 0 Å². The lowest BCUT2D eigenvalue weighted by atomic mass is 10.1. The van der Waals surface area contributed by atoms with Gasteiger partial charge in [0.05, 0.1) is 5.56 Å². The molecule has 3 heterocycles. The number of hydrogen-bond acceptors (Lipinski definition) is 10. The molecule has 1 saturated heterocycles. The van der Waals surface area contributed by atoms with Gasteiger partial charge in [0, 0.05) is 43.3 Å². The monoisotopic (exact) mass is 555 g/mol. The fourth-order valence-corrected chi connectivity index (χ4v) is 3.53. The molecule has 0 N–H and O–H groups in total. The molecule has 0 spiro atoms. The summed E-state index contributed by atoms with van der Waals surface area (Å²) < 4.78 is 4.96. The number of amides is 2. The SMILES string of the molecule is C.C.CC(C)c1ccc(C(=O)ON2C(=O)CCC2=O)cn1.CC(C)c1cccc(C(=O)OC2C(=O)CCC2=O)n1. The van der Waals surface area contributed by atoms with Gasteiger partial charge in [0.25, 0.3) is 11.8 Å². The van der Waals surface area contributed by atoms with E-state index < -0.39 is 29.9 Å². The van der Waals surface area contributed by atoms with Crippen LogP contribution >= 0.6 is 0 Å². The first-order valence-electron chi connectivity index (χ1n) is 12.2. The van der Waals surface area contributed by atoms with Gasteiger partial charge in [0.15, 0.2) is 11.6 Å². The number of hydroxylamine groups is 2. The molecule has 1 aliphatic heterocycles. The molecule has 1 aliphatic carbocycles. The van der Waals surface area contributed by atoms with Gasteiger partial charge in [-0.3, -0.25) is 24.2 Å². The summed E-state index contributed by atoms with van der Waals surface area (Å²) in [6, 6.07) is 8.31. The standard InChI is InChI=1S/C14H15NO4.C13H14N2O4.2CH4/c1-8(2)9-4-3-5-10(15-9)14(18)19-13-11(16)6-7-12(13)17;1-8(2)10-4-3-9(7-14-10)13(18)19-15-11(16)5-6-12(15)17;;/h3-5,8,13H,6-7H2,1-2H3;3-4,7-8H,5-6H2,1-2H3;2*1H4. The van der Waals surface area contributed by atoms with Gasteiger partial charge >= 0.3 is 11.9 Å². The van der Waals surface area contributed by atoms with Gasteiger partial charge in [-0.15, -0.1) is 5.06 Å². The molecule has 2 aromatic heterocycles. The lowest BCUT2D eigenvalue weighted by Crippen LogP contribution is -2.32. The number of carbonyl (C=O) groups is 6. The predicted molar refractivity (Wildman–Crippen MR) is 145 cm³/mol. The van der Waals surface area contributed by atoms with Crippen LogP contribution < -0.4 is 0 Å². The zero-order valence-electron chi connectivity index (χ0n) is 21.6. The fraction of sp³-hybridized carbons (Fsp3) is 0.448. The third kappa shape index (κ3) is 8.36.